The fourth-order valence-corrected chi connectivity index (χ4v) is 0.846. The maximum Gasteiger partial charge on any atom is 0.246 e. The molecule has 0 aliphatic heterocycles. The van der Waals surface area contributed by atoms with Crippen molar-refractivity contribution in [1.29, 1.82) is 0 Å². The summed E-state index contributed by atoms with van der Waals surface area (Å²) in [6.07, 6.45) is 0. The van der Waals surface area contributed by atoms with Crippen LogP contribution in [0.25, 0.3) is 0 Å². The van der Waals surface area contributed by atoms with Gasteiger partial charge in [-0.05, 0) is 0 Å². The Morgan fingerprint density at radius 1 is 0.947 bits per heavy atom. The third-order valence-corrected chi connectivity index (χ3v) is 1.46. The van der Waals surface area contributed by atoms with Gasteiger partial charge in [-0.25, -0.2) is 0 Å². The summed E-state index contributed by atoms with van der Waals surface area (Å²) < 4.78 is 9.77. The molecule has 0 aromatic heterocycles. The van der Waals surface area contributed by atoms with E-state index in [1.807, 2.05) is 27.7 Å². The zero-order valence-corrected chi connectivity index (χ0v) is 13.2. The first-order valence-electron chi connectivity index (χ1n) is 6.74. The molecule has 0 bridgehead atoms. The van der Waals surface area contributed by atoms with Crippen molar-refractivity contribution in [2.45, 2.75) is 34.6 Å². The van der Waals surface area contributed by atoms with Crippen molar-refractivity contribution in [3.63, 3.8) is 0 Å². The summed E-state index contributed by atoms with van der Waals surface area (Å²) in [7, 11) is 1.46. The van der Waals surface area contributed by atoms with Crippen LogP contribution in [0.1, 0.15) is 34.6 Å². The fourth-order valence-electron chi connectivity index (χ4n) is 0.846. The van der Waals surface area contributed by atoms with Gasteiger partial charge >= 0.3 is 0 Å². The summed E-state index contributed by atoms with van der Waals surface area (Å²) in [4.78, 5) is 21.3. The van der Waals surface area contributed by atoms with Crippen LogP contribution in [-0.2, 0) is 19.1 Å². The lowest BCUT2D eigenvalue weighted by Gasteiger charge is -2.06. The van der Waals surface area contributed by atoms with Gasteiger partial charge in [0.1, 0.15) is 6.61 Å². The molecule has 0 aliphatic rings. The Hall–Kier alpha value is -1.14. The smallest absolute Gasteiger partial charge is 0.246 e. The molecule has 19 heavy (non-hydrogen) atoms. The molecule has 0 spiro atoms. The molecule has 0 heterocycles. The maximum absolute atomic E-state index is 10.9. The Bertz CT molecular complexity index is 199. The number of methoxy groups -OCH3 is 1. The second-order valence-electron chi connectivity index (χ2n) is 2.88. The first kappa shape index (κ1) is 23.0. The average molecular weight is 278 g/mol. The van der Waals surface area contributed by atoms with Crippen molar-refractivity contribution in [3.05, 3.63) is 0 Å². The van der Waals surface area contributed by atoms with E-state index in [1.54, 1.807) is 0 Å². The van der Waals surface area contributed by atoms with E-state index in [0.717, 1.165) is 0 Å². The molecule has 6 nitrogen and oxygen atoms in total. The van der Waals surface area contributed by atoms with E-state index in [-0.39, 0.29) is 18.4 Å². The van der Waals surface area contributed by atoms with Crippen molar-refractivity contribution < 1.29 is 19.1 Å². The van der Waals surface area contributed by atoms with E-state index in [2.05, 4.69) is 15.4 Å². The number of hydrogen-bond donors (Lipinski definition) is 2. The molecule has 0 unspecified atom stereocenters. The molecule has 0 saturated carbocycles. The zero-order valence-electron chi connectivity index (χ0n) is 13.2. The van der Waals surface area contributed by atoms with Gasteiger partial charge in [-0.3, -0.25) is 9.59 Å². The molecule has 2 N–H and O–H groups in total. The Morgan fingerprint density at radius 3 is 1.84 bits per heavy atom. The quantitative estimate of drug-likeness (QED) is 0.648. The third-order valence-electron chi connectivity index (χ3n) is 1.46. The topological polar surface area (TPSA) is 76.7 Å². The molecule has 2 amide bonds. The van der Waals surface area contributed by atoms with Crippen molar-refractivity contribution in [3.8, 4) is 0 Å². The van der Waals surface area contributed by atoms with Crippen molar-refractivity contribution >= 4 is 11.8 Å². The SMILES string of the molecule is CC.CC.COCC(=O)NCCOCCNC(C)=O. The highest BCUT2D eigenvalue weighted by atomic mass is 16.5. The van der Waals surface area contributed by atoms with E-state index < -0.39 is 0 Å². The number of rotatable bonds is 8. The summed E-state index contributed by atoms with van der Waals surface area (Å²) in [6.45, 7) is 11.3. The molecular weight excluding hydrogens is 248 g/mol. The van der Waals surface area contributed by atoms with Gasteiger partial charge in [0.25, 0.3) is 0 Å². The van der Waals surface area contributed by atoms with Crippen LogP contribution in [0.15, 0.2) is 0 Å². The lowest BCUT2D eigenvalue weighted by atomic mass is 10.5. The fraction of sp³-hybridized carbons (Fsp3) is 0.846. The average Bonchev–Trinajstić information content (AvgIpc) is 2.42. The number of carbonyl (C=O) groups excluding carboxylic acids is 2. The van der Waals surface area contributed by atoms with Crippen molar-refractivity contribution in [2.75, 3.05) is 40.0 Å². The number of amides is 2. The third kappa shape index (κ3) is 26.5. The highest BCUT2D eigenvalue weighted by Crippen LogP contribution is 1.74. The molecule has 0 rings (SSSR count). The first-order valence-corrected chi connectivity index (χ1v) is 6.74. The Morgan fingerprint density at radius 2 is 1.42 bits per heavy atom. The number of nitrogens with one attached hydrogen (secondary N) is 2. The van der Waals surface area contributed by atoms with Gasteiger partial charge in [0.05, 0.1) is 13.2 Å². The van der Waals surface area contributed by atoms with Crippen molar-refractivity contribution in [1.82, 2.24) is 10.6 Å². The minimum atomic E-state index is -0.164. The van der Waals surface area contributed by atoms with Crippen LogP contribution in [-0.4, -0.2) is 51.8 Å². The highest BCUT2D eigenvalue weighted by molar-refractivity contribution is 5.77. The van der Waals surface area contributed by atoms with Gasteiger partial charge in [0, 0.05) is 27.1 Å². The monoisotopic (exact) mass is 278 g/mol. The molecule has 116 valence electrons. The second kappa shape index (κ2) is 22.1. The number of carbonyl (C=O) groups is 2. The molecule has 0 saturated heterocycles. The van der Waals surface area contributed by atoms with E-state index >= 15 is 0 Å². The van der Waals surface area contributed by atoms with Crippen LogP contribution in [0.3, 0.4) is 0 Å². The van der Waals surface area contributed by atoms with E-state index in [1.165, 1.54) is 14.0 Å². The molecule has 0 atom stereocenters. The van der Waals surface area contributed by atoms with Gasteiger partial charge in [-0.15, -0.1) is 0 Å². The zero-order chi connectivity index (χ0) is 15.5. The largest absolute Gasteiger partial charge is 0.378 e. The normalized spacial score (nSPS) is 8.32. The summed E-state index contributed by atoms with van der Waals surface area (Å²) >= 11 is 0. The number of ether oxygens (including phenoxy) is 2. The van der Waals surface area contributed by atoms with Gasteiger partial charge in [-0.2, -0.15) is 0 Å². The van der Waals surface area contributed by atoms with Crippen LogP contribution in [0.5, 0.6) is 0 Å². The van der Waals surface area contributed by atoms with Crippen molar-refractivity contribution in [2.24, 2.45) is 0 Å². The Labute approximate surface area is 117 Å². The molecule has 0 aliphatic carbocycles. The maximum atomic E-state index is 10.9. The standard InChI is InChI=1S/C9H18N2O4.2C2H6/c1-8(12)10-3-5-15-6-4-11-9(13)7-14-2;2*1-2/h3-7H2,1-2H3,(H,10,12)(H,11,13);2*1-2H3. The second-order valence-corrected chi connectivity index (χ2v) is 2.88. The summed E-state index contributed by atoms with van der Waals surface area (Å²) in [6, 6.07) is 0. The molecule has 0 radical (unpaired) electrons. The van der Waals surface area contributed by atoms with Gasteiger partial charge in [0.15, 0.2) is 0 Å². The first-order chi connectivity index (χ1) is 9.16. The van der Waals surface area contributed by atoms with E-state index in [4.69, 9.17) is 4.74 Å². The van der Waals surface area contributed by atoms with Crippen LogP contribution < -0.4 is 10.6 Å². The van der Waals surface area contributed by atoms with Gasteiger partial charge < -0.3 is 20.1 Å². The predicted molar refractivity (Wildman–Crippen MR) is 77.1 cm³/mol. The molecule has 6 heteroatoms. The summed E-state index contributed by atoms with van der Waals surface area (Å²) in [5, 5.41) is 5.20. The minimum Gasteiger partial charge on any atom is -0.378 e. The predicted octanol–water partition coefficient (Wildman–Crippen LogP) is 0.954. The lowest BCUT2D eigenvalue weighted by Crippen LogP contribution is -2.31. The molecule has 0 aromatic carbocycles. The molecular formula is C13H30N2O4. The van der Waals surface area contributed by atoms with Gasteiger partial charge in [-0.1, -0.05) is 27.7 Å². The molecule has 0 aromatic rings. The Balaban J connectivity index is -0.000000579. The van der Waals surface area contributed by atoms with E-state index in [9.17, 15) is 9.59 Å². The Kier molecular flexibility index (Phi) is 26.7. The van der Waals surface area contributed by atoms with Crippen LogP contribution in [0.4, 0.5) is 0 Å². The lowest BCUT2D eigenvalue weighted by molar-refractivity contribution is -0.124. The van der Waals surface area contributed by atoms with Crippen LogP contribution in [0, 0.1) is 0 Å². The van der Waals surface area contributed by atoms with Crippen LogP contribution in [0.2, 0.25) is 0 Å². The minimum absolute atomic E-state index is 0.0614. The van der Waals surface area contributed by atoms with Crippen LogP contribution >= 0.6 is 0 Å². The number of hydrogen-bond acceptors (Lipinski definition) is 4. The molecule has 0 fully saturated rings. The summed E-state index contributed by atoms with van der Waals surface area (Å²) in [5.74, 6) is -0.241. The van der Waals surface area contributed by atoms with E-state index in [0.29, 0.717) is 26.3 Å². The van der Waals surface area contributed by atoms with Gasteiger partial charge in [0.2, 0.25) is 11.8 Å². The summed E-state index contributed by atoms with van der Waals surface area (Å²) in [5.41, 5.74) is 0. The highest BCUT2D eigenvalue weighted by Gasteiger charge is 1.97.